The highest BCUT2D eigenvalue weighted by molar-refractivity contribution is 7.81. The van der Waals surface area contributed by atoms with Crippen LogP contribution in [0.25, 0.3) is 5.70 Å². The summed E-state index contributed by atoms with van der Waals surface area (Å²) in [6.45, 7) is 7.06. The average molecular weight is 468 g/mol. The average Bonchev–Trinajstić information content (AvgIpc) is 2.96. The summed E-state index contributed by atoms with van der Waals surface area (Å²) >= 11 is 7.40. The van der Waals surface area contributed by atoms with Gasteiger partial charge in [0, 0.05) is 40.5 Å². The third kappa shape index (κ3) is 4.10. The molecule has 0 unspecified atom stereocenters. The zero-order valence-electron chi connectivity index (χ0n) is 18.5. The van der Waals surface area contributed by atoms with Gasteiger partial charge in [0.2, 0.25) is 5.95 Å². The van der Waals surface area contributed by atoms with Crippen LogP contribution in [0.15, 0.2) is 18.3 Å². The lowest BCUT2D eigenvalue weighted by atomic mass is 9.70. The number of nitrogens with zero attached hydrogens (tertiary/aromatic N) is 4. The highest BCUT2D eigenvalue weighted by Gasteiger charge is 2.39. The molecule has 3 heterocycles. The summed E-state index contributed by atoms with van der Waals surface area (Å²) in [4.78, 5) is 13.3. The molecule has 2 aromatic rings. The molecule has 0 spiro atoms. The van der Waals surface area contributed by atoms with Gasteiger partial charge in [-0.1, -0.05) is 19.1 Å². The second kappa shape index (κ2) is 9.14. The van der Waals surface area contributed by atoms with Crippen LogP contribution in [0.1, 0.15) is 54.8 Å². The molecule has 5 N–H and O–H groups in total. The van der Waals surface area contributed by atoms with Crippen LogP contribution in [0, 0.1) is 11.3 Å². The molecule has 1 saturated heterocycles. The number of nitrogens with two attached hydrogens (primary N) is 2. The molecule has 32 heavy (non-hydrogen) atoms. The summed E-state index contributed by atoms with van der Waals surface area (Å²) in [6.07, 6.45) is 7.42. The number of rotatable bonds is 4. The van der Waals surface area contributed by atoms with Gasteiger partial charge in [0.15, 0.2) is 0 Å². The molecule has 0 radical (unpaired) electrons. The summed E-state index contributed by atoms with van der Waals surface area (Å²) in [6, 6.07) is 4.41. The normalized spacial score (nSPS) is 23.8. The maximum absolute atomic E-state index is 9.70. The van der Waals surface area contributed by atoms with E-state index in [0.29, 0.717) is 38.8 Å². The van der Waals surface area contributed by atoms with E-state index in [1.807, 2.05) is 12.1 Å². The maximum Gasteiger partial charge on any atom is 0.226 e. The summed E-state index contributed by atoms with van der Waals surface area (Å²) in [5.41, 5.74) is 14.9. The first-order valence-electron chi connectivity index (χ1n) is 11.0. The molecule has 1 aliphatic carbocycles. The van der Waals surface area contributed by atoms with Crippen LogP contribution in [0.2, 0.25) is 0 Å². The molecular formula is C23H29N7S2. The summed E-state index contributed by atoms with van der Waals surface area (Å²) in [5, 5.41) is 13.7. The van der Waals surface area contributed by atoms with Gasteiger partial charge in [-0.3, -0.25) is 0 Å². The van der Waals surface area contributed by atoms with Crippen LogP contribution in [0.3, 0.4) is 0 Å². The maximum atomic E-state index is 9.70. The standard InChI is InChI=1S/C23H29N7S2/c1-14-13-27-8-4-10-30(14)22-28-9-6-17(29-22)16(25)11-19(31)23(2)7-3-5-18-20(23)15(12-24)21(26)32-18/h6,9,11,14,27H,3-5,7-8,10,13,25-26H2,1-2H3/t14-,23+/m0/s1. The minimum atomic E-state index is -0.451. The van der Waals surface area contributed by atoms with Crippen LogP contribution in [0.5, 0.6) is 0 Å². The van der Waals surface area contributed by atoms with Gasteiger partial charge >= 0.3 is 0 Å². The number of fused-ring (bicyclic) bond motifs is 1. The fraction of sp³-hybridized carbons (Fsp3) is 0.478. The molecule has 0 amide bonds. The Bertz CT molecular complexity index is 1100. The van der Waals surface area contributed by atoms with E-state index in [1.165, 1.54) is 11.3 Å². The van der Waals surface area contributed by atoms with Gasteiger partial charge < -0.3 is 21.7 Å². The molecule has 9 heteroatoms. The Hall–Kier alpha value is -2.54. The Kier molecular flexibility index (Phi) is 6.47. The van der Waals surface area contributed by atoms with E-state index in [1.54, 1.807) is 6.20 Å². The largest absolute Gasteiger partial charge is 0.397 e. The van der Waals surface area contributed by atoms with E-state index in [-0.39, 0.29) is 0 Å². The van der Waals surface area contributed by atoms with Crippen molar-refractivity contribution in [1.29, 1.82) is 5.26 Å². The van der Waals surface area contributed by atoms with Gasteiger partial charge in [-0.15, -0.1) is 11.3 Å². The highest BCUT2D eigenvalue weighted by atomic mass is 32.1. The second-order valence-electron chi connectivity index (χ2n) is 8.74. The molecule has 2 aliphatic rings. The summed E-state index contributed by atoms with van der Waals surface area (Å²) in [7, 11) is 0. The summed E-state index contributed by atoms with van der Waals surface area (Å²) in [5.74, 6) is 0.685. The Balaban J connectivity index is 1.65. The number of thiocarbonyl (C=S) groups is 1. The molecule has 0 aromatic carbocycles. The van der Waals surface area contributed by atoms with E-state index in [2.05, 4.69) is 35.1 Å². The molecule has 7 nitrogen and oxygen atoms in total. The highest BCUT2D eigenvalue weighted by Crippen LogP contribution is 2.46. The number of aromatic nitrogens is 2. The quantitative estimate of drug-likeness (QED) is 0.464. The Morgan fingerprint density at radius 2 is 2.28 bits per heavy atom. The third-order valence-corrected chi connectivity index (χ3v) is 8.15. The number of aryl methyl sites for hydroxylation is 1. The van der Waals surface area contributed by atoms with Gasteiger partial charge in [-0.25, -0.2) is 9.97 Å². The van der Waals surface area contributed by atoms with Crippen molar-refractivity contribution in [2.24, 2.45) is 5.73 Å². The van der Waals surface area contributed by atoms with Gasteiger partial charge in [0.1, 0.15) is 11.1 Å². The van der Waals surface area contributed by atoms with E-state index < -0.39 is 5.41 Å². The van der Waals surface area contributed by atoms with Crippen molar-refractivity contribution in [2.45, 2.75) is 51.0 Å². The molecule has 0 saturated carbocycles. The number of anilines is 2. The van der Waals surface area contributed by atoms with Gasteiger partial charge in [0.25, 0.3) is 0 Å². The Morgan fingerprint density at radius 3 is 3.06 bits per heavy atom. The first kappa shape index (κ1) is 22.6. The van der Waals surface area contributed by atoms with E-state index in [9.17, 15) is 5.26 Å². The molecule has 168 valence electrons. The zero-order valence-corrected chi connectivity index (χ0v) is 20.2. The van der Waals surface area contributed by atoms with E-state index in [4.69, 9.17) is 28.7 Å². The number of hydrogen-bond acceptors (Lipinski definition) is 9. The molecular weight excluding hydrogens is 438 g/mol. The minimum absolute atomic E-state index is 0.298. The van der Waals surface area contributed by atoms with Crippen LogP contribution >= 0.6 is 23.6 Å². The van der Waals surface area contributed by atoms with Gasteiger partial charge in [-0.2, -0.15) is 5.26 Å². The summed E-state index contributed by atoms with van der Waals surface area (Å²) < 4.78 is 0. The third-order valence-electron chi connectivity index (χ3n) is 6.50. The number of nitriles is 1. The Labute approximate surface area is 198 Å². The second-order valence-corrected chi connectivity index (χ2v) is 10.3. The van der Waals surface area contributed by atoms with Crippen LogP contribution in [0.4, 0.5) is 10.9 Å². The fourth-order valence-corrected chi connectivity index (χ4v) is 6.20. The van der Waals surface area contributed by atoms with Crippen molar-refractivity contribution in [3.63, 3.8) is 0 Å². The van der Waals surface area contributed by atoms with E-state index in [0.717, 1.165) is 55.8 Å². The Morgan fingerprint density at radius 1 is 1.47 bits per heavy atom. The predicted octanol–water partition coefficient (Wildman–Crippen LogP) is 3.14. The van der Waals surface area contributed by atoms with Crippen LogP contribution in [-0.4, -0.2) is 40.5 Å². The number of nitrogens with one attached hydrogen (secondary N) is 1. The lowest BCUT2D eigenvalue weighted by Crippen LogP contribution is -2.38. The first-order chi connectivity index (χ1) is 15.3. The monoisotopic (exact) mass is 467 g/mol. The van der Waals surface area contributed by atoms with Crippen molar-refractivity contribution in [2.75, 3.05) is 30.3 Å². The SMILES string of the molecule is C[C@H]1CNCCCN1c1nccc(C(N)=CC(=S)[C@@]2(C)CCCc3sc(N)c(C#N)c32)n1. The molecule has 1 aliphatic heterocycles. The number of allylic oxidation sites excluding steroid dienone is 1. The topological polar surface area (TPSA) is 117 Å². The number of nitrogen functional groups attached to an aromatic ring is 1. The molecule has 2 aromatic heterocycles. The first-order valence-corrected chi connectivity index (χ1v) is 12.2. The predicted molar refractivity (Wildman–Crippen MR) is 135 cm³/mol. The van der Waals surface area contributed by atoms with Crippen molar-refractivity contribution in [1.82, 2.24) is 15.3 Å². The number of hydrogen-bond donors (Lipinski definition) is 3. The smallest absolute Gasteiger partial charge is 0.226 e. The van der Waals surface area contributed by atoms with E-state index >= 15 is 0 Å². The molecule has 1 fully saturated rings. The van der Waals surface area contributed by atoms with Crippen molar-refractivity contribution < 1.29 is 0 Å². The van der Waals surface area contributed by atoms with Crippen molar-refractivity contribution in [3.8, 4) is 6.07 Å². The fourth-order valence-electron chi connectivity index (χ4n) is 4.68. The lowest BCUT2D eigenvalue weighted by Gasteiger charge is -2.34. The molecule has 0 bridgehead atoms. The van der Waals surface area contributed by atoms with Crippen LogP contribution < -0.4 is 21.7 Å². The lowest BCUT2D eigenvalue weighted by molar-refractivity contribution is 0.522. The zero-order chi connectivity index (χ0) is 22.9. The van der Waals surface area contributed by atoms with Gasteiger partial charge in [0.05, 0.1) is 17.0 Å². The number of thiophene rings is 1. The van der Waals surface area contributed by atoms with Gasteiger partial charge in [-0.05, 0) is 56.9 Å². The molecule has 4 rings (SSSR count). The molecule has 2 atom stereocenters. The van der Waals surface area contributed by atoms with Crippen molar-refractivity contribution in [3.05, 3.63) is 40.0 Å². The van der Waals surface area contributed by atoms with Crippen molar-refractivity contribution >= 4 is 45.1 Å². The van der Waals surface area contributed by atoms with Crippen LogP contribution in [-0.2, 0) is 11.8 Å². The minimum Gasteiger partial charge on any atom is -0.397 e.